The molecule has 0 amide bonds. The molecule has 0 spiro atoms. The van der Waals surface area contributed by atoms with Crippen LogP contribution in [0.15, 0.2) is 36.0 Å². The number of rotatable bonds is 8. The summed E-state index contributed by atoms with van der Waals surface area (Å²) in [5, 5.41) is 3.34. The molecule has 0 bridgehead atoms. The number of hydrogen-bond donors (Lipinski definition) is 1. The Labute approximate surface area is 157 Å². The van der Waals surface area contributed by atoms with Crippen LogP contribution in [-0.4, -0.2) is 50.1 Å². The molecule has 5 nitrogen and oxygen atoms in total. The number of hydrogen-bond acceptors (Lipinski definition) is 3. The van der Waals surface area contributed by atoms with Crippen molar-refractivity contribution in [3.8, 4) is 0 Å². The largest absolute Gasteiger partial charge is 0.363 e. The van der Waals surface area contributed by atoms with Gasteiger partial charge in [-0.3, -0.25) is 0 Å². The van der Waals surface area contributed by atoms with Gasteiger partial charge in [-0.25, -0.2) is 9.98 Å². The average molecular weight is 431 g/mol. The number of guanidine groups is 1. The number of nitrogens with zero attached hydrogens (tertiary/aromatic N) is 4. The van der Waals surface area contributed by atoms with Crippen LogP contribution in [0.5, 0.6) is 0 Å². The van der Waals surface area contributed by atoms with Gasteiger partial charge in [0.15, 0.2) is 5.96 Å². The zero-order valence-electron chi connectivity index (χ0n) is 14.7. The van der Waals surface area contributed by atoms with E-state index in [1.807, 2.05) is 37.3 Å². The Morgan fingerprint density at radius 1 is 1.39 bits per heavy atom. The second-order valence-electron chi connectivity index (χ2n) is 5.44. The van der Waals surface area contributed by atoms with Crippen molar-refractivity contribution in [1.29, 1.82) is 0 Å². The first-order valence-electron chi connectivity index (χ1n) is 7.81. The number of unbranched alkanes of at least 4 members (excludes halogenated alkanes) is 1. The average Bonchev–Trinajstić information content (AvgIpc) is 2.51. The van der Waals surface area contributed by atoms with Gasteiger partial charge in [-0.15, -0.1) is 30.6 Å². The normalized spacial score (nSPS) is 10.7. The smallest absolute Gasteiger partial charge is 0.193 e. The number of anilines is 1. The maximum atomic E-state index is 4.72. The van der Waals surface area contributed by atoms with Crippen molar-refractivity contribution in [3.05, 3.63) is 36.5 Å². The molecular weight excluding hydrogens is 401 g/mol. The topological polar surface area (TPSA) is 43.8 Å². The molecule has 0 unspecified atom stereocenters. The van der Waals surface area contributed by atoms with Crippen LogP contribution in [0.3, 0.4) is 0 Å². The summed E-state index contributed by atoms with van der Waals surface area (Å²) >= 11 is 0. The molecule has 0 saturated carbocycles. The minimum atomic E-state index is 0. The fourth-order valence-electron chi connectivity index (χ4n) is 2.02. The second-order valence-corrected chi connectivity index (χ2v) is 5.44. The molecule has 1 aromatic heterocycles. The summed E-state index contributed by atoms with van der Waals surface area (Å²) in [7, 11) is 6.06. The Morgan fingerprint density at radius 2 is 2.13 bits per heavy atom. The number of halogens is 1. The van der Waals surface area contributed by atoms with Crippen molar-refractivity contribution in [2.24, 2.45) is 4.99 Å². The molecule has 0 fully saturated rings. The Morgan fingerprint density at radius 3 is 2.74 bits per heavy atom. The van der Waals surface area contributed by atoms with Gasteiger partial charge in [-0.05, 0) is 37.5 Å². The molecule has 0 aliphatic carbocycles. The van der Waals surface area contributed by atoms with Crippen LogP contribution in [0.25, 0.3) is 0 Å². The van der Waals surface area contributed by atoms with Gasteiger partial charge in [0.1, 0.15) is 5.82 Å². The highest BCUT2D eigenvalue weighted by Crippen LogP contribution is 2.10. The molecule has 0 radical (unpaired) electrons. The number of aliphatic imine (C=N–C) groups is 1. The van der Waals surface area contributed by atoms with E-state index in [9.17, 15) is 0 Å². The third-order valence-corrected chi connectivity index (χ3v) is 3.28. The van der Waals surface area contributed by atoms with Crippen molar-refractivity contribution in [3.63, 3.8) is 0 Å². The van der Waals surface area contributed by atoms with Crippen LogP contribution in [0.2, 0.25) is 0 Å². The lowest BCUT2D eigenvalue weighted by atomic mass is 10.2. The van der Waals surface area contributed by atoms with Crippen molar-refractivity contribution >= 4 is 35.8 Å². The predicted molar refractivity (Wildman–Crippen MR) is 111 cm³/mol. The molecule has 6 heteroatoms. The monoisotopic (exact) mass is 431 g/mol. The summed E-state index contributed by atoms with van der Waals surface area (Å²) in [6.45, 7) is 8.33. The van der Waals surface area contributed by atoms with E-state index >= 15 is 0 Å². The standard InChI is InChI=1S/C17H29N5.HI/c1-6-8-9-12-22(5)17(18-7-2)20-14-15-10-11-19-16(13-15)21(3)4;/h6,10-11,13H,1,7-9,12,14H2,2-5H3,(H,18,20);1H. The molecule has 23 heavy (non-hydrogen) atoms. The molecule has 1 aromatic rings. The van der Waals surface area contributed by atoms with Gasteiger partial charge in [0.05, 0.1) is 6.54 Å². The predicted octanol–water partition coefficient (Wildman–Crippen LogP) is 3.13. The first-order valence-corrected chi connectivity index (χ1v) is 7.81. The molecule has 0 aromatic carbocycles. The quantitative estimate of drug-likeness (QED) is 0.226. The lowest BCUT2D eigenvalue weighted by Crippen LogP contribution is -2.39. The van der Waals surface area contributed by atoms with Crippen molar-refractivity contribution in [1.82, 2.24) is 15.2 Å². The van der Waals surface area contributed by atoms with E-state index in [1.54, 1.807) is 0 Å². The zero-order chi connectivity index (χ0) is 16.4. The van der Waals surface area contributed by atoms with E-state index in [1.165, 1.54) is 0 Å². The first-order chi connectivity index (χ1) is 10.6. The minimum Gasteiger partial charge on any atom is -0.363 e. The molecule has 0 saturated heterocycles. The Balaban J connectivity index is 0.00000484. The highest BCUT2D eigenvalue weighted by molar-refractivity contribution is 14.0. The van der Waals surface area contributed by atoms with Crippen molar-refractivity contribution in [2.75, 3.05) is 39.1 Å². The number of allylic oxidation sites excluding steroid dienone is 1. The second kappa shape index (κ2) is 12.2. The number of nitrogens with one attached hydrogen (secondary N) is 1. The van der Waals surface area contributed by atoms with Crippen LogP contribution < -0.4 is 10.2 Å². The van der Waals surface area contributed by atoms with Gasteiger partial charge in [-0.2, -0.15) is 0 Å². The van der Waals surface area contributed by atoms with Crippen LogP contribution >= 0.6 is 24.0 Å². The van der Waals surface area contributed by atoms with Gasteiger partial charge in [0.2, 0.25) is 0 Å². The third-order valence-electron chi connectivity index (χ3n) is 3.28. The fraction of sp³-hybridized carbons (Fsp3) is 0.529. The van der Waals surface area contributed by atoms with E-state index < -0.39 is 0 Å². The van der Waals surface area contributed by atoms with E-state index in [0.29, 0.717) is 6.54 Å². The summed E-state index contributed by atoms with van der Waals surface area (Å²) < 4.78 is 0. The highest BCUT2D eigenvalue weighted by atomic mass is 127. The van der Waals surface area contributed by atoms with E-state index in [-0.39, 0.29) is 24.0 Å². The lowest BCUT2D eigenvalue weighted by molar-refractivity contribution is 0.470. The summed E-state index contributed by atoms with van der Waals surface area (Å²) in [5.41, 5.74) is 1.16. The van der Waals surface area contributed by atoms with Crippen molar-refractivity contribution < 1.29 is 0 Å². The molecule has 1 rings (SSSR count). The Bertz CT molecular complexity index is 488. The SMILES string of the molecule is C=CCCCN(C)C(=NCc1ccnc(N(C)C)c1)NCC.I. The molecule has 0 aliphatic rings. The van der Waals surface area contributed by atoms with Gasteiger partial charge in [0, 0.05) is 40.4 Å². The van der Waals surface area contributed by atoms with Crippen LogP contribution in [0.4, 0.5) is 5.82 Å². The molecule has 1 N–H and O–H groups in total. The Kier molecular flexibility index (Phi) is 11.5. The Hall–Kier alpha value is -1.31. The fourth-order valence-corrected chi connectivity index (χ4v) is 2.02. The van der Waals surface area contributed by atoms with E-state index in [4.69, 9.17) is 4.99 Å². The summed E-state index contributed by atoms with van der Waals surface area (Å²) in [6.07, 6.45) is 5.91. The maximum Gasteiger partial charge on any atom is 0.193 e. The minimum absolute atomic E-state index is 0. The van der Waals surface area contributed by atoms with E-state index in [2.05, 4.69) is 41.8 Å². The number of aromatic nitrogens is 1. The lowest BCUT2D eigenvalue weighted by Gasteiger charge is -2.21. The third kappa shape index (κ3) is 8.20. The van der Waals surface area contributed by atoms with Gasteiger partial charge < -0.3 is 15.1 Å². The molecule has 1 heterocycles. The first kappa shape index (κ1) is 21.7. The zero-order valence-corrected chi connectivity index (χ0v) is 17.1. The van der Waals surface area contributed by atoms with Crippen molar-refractivity contribution in [2.45, 2.75) is 26.3 Å². The summed E-state index contributed by atoms with van der Waals surface area (Å²) in [5.74, 6) is 1.90. The summed E-state index contributed by atoms with van der Waals surface area (Å²) in [6, 6.07) is 4.09. The van der Waals surface area contributed by atoms with E-state index in [0.717, 1.165) is 43.3 Å². The van der Waals surface area contributed by atoms with Crippen LogP contribution in [0.1, 0.15) is 25.3 Å². The van der Waals surface area contributed by atoms with Gasteiger partial charge in [-0.1, -0.05) is 6.08 Å². The van der Waals surface area contributed by atoms with Gasteiger partial charge >= 0.3 is 0 Å². The van der Waals surface area contributed by atoms with Crippen LogP contribution in [0, 0.1) is 0 Å². The maximum absolute atomic E-state index is 4.72. The number of pyridine rings is 1. The summed E-state index contributed by atoms with van der Waals surface area (Å²) in [4.78, 5) is 13.2. The molecular formula is C17H30IN5. The highest BCUT2D eigenvalue weighted by Gasteiger charge is 2.05. The molecule has 130 valence electrons. The van der Waals surface area contributed by atoms with Gasteiger partial charge in [0.25, 0.3) is 0 Å². The molecule has 0 atom stereocenters. The molecule has 0 aliphatic heterocycles. The van der Waals surface area contributed by atoms with Crippen LogP contribution in [-0.2, 0) is 6.54 Å².